The molecule has 0 heterocycles. The zero-order chi connectivity index (χ0) is 12.0. The van der Waals surface area contributed by atoms with Gasteiger partial charge in [-0.25, -0.2) is 0 Å². The lowest BCUT2D eigenvalue weighted by atomic mass is 9.72. The number of fused-ring (bicyclic) bond motifs is 2. The SMILES string of the molecule is O=C1C=CC2(CCCC2)c2c(O)ccc(O)c21. The van der Waals surface area contributed by atoms with E-state index < -0.39 is 0 Å². The first kappa shape index (κ1) is 10.4. The molecule has 3 heteroatoms. The largest absolute Gasteiger partial charge is 0.508 e. The normalized spacial score (nSPS) is 20.8. The lowest BCUT2D eigenvalue weighted by Gasteiger charge is -2.31. The van der Waals surface area contributed by atoms with Crippen LogP contribution in [0.5, 0.6) is 11.5 Å². The zero-order valence-electron chi connectivity index (χ0n) is 9.44. The van der Waals surface area contributed by atoms with Crippen molar-refractivity contribution in [2.75, 3.05) is 0 Å². The first-order chi connectivity index (χ1) is 8.14. The van der Waals surface area contributed by atoms with E-state index in [-0.39, 0.29) is 28.3 Å². The average Bonchev–Trinajstić information content (AvgIpc) is 2.77. The molecule has 0 amide bonds. The van der Waals surface area contributed by atoms with Crippen molar-refractivity contribution in [3.63, 3.8) is 0 Å². The first-order valence-corrected chi connectivity index (χ1v) is 5.93. The molecule has 0 aliphatic heterocycles. The molecule has 17 heavy (non-hydrogen) atoms. The fourth-order valence-electron chi connectivity index (χ4n) is 3.16. The molecule has 1 aromatic carbocycles. The van der Waals surface area contributed by atoms with Gasteiger partial charge < -0.3 is 10.2 Å². The number of benzene rings is 1. The van der Waals surface area contributed by atoms with E-state index in [1.54, 1.807) is 0 Å². The number of aromatic hydroxyl groups is 2. The van der Waals surface area contributed by atoms with Crippen molar-refractivity contribution in [1.29, 1.82) is 0 Å². The van der Waals surface area contributed by atoms with Gasteiger partial charge in [-0.1, -0.05) is 18.9 Å². The molecule has 2 aliphatic rings. The van der Waals surface area contributed by atoms with Crippen molar-refractivity contribution in [3.05, 3.63) is 35.4 Å². The molecule has 1 spiro atoms. The van der Waals surface area contributed by atoms with E-state index in [1.807, 2.05) is 6.08 Å². The molecule has 1 aromatic rings. The fraction of sp³-hybridized carbons (Fsp3) is 0.357. The maximum absolute atomic E-state index is 11.8. The number of rotatable bonds is 0. The molecule has 0 bridgehead atoms. The summed E-state index contributed by atoms with van der Waals surface area (Å²) in [5.41, 5.74) is 0.670. The van der Waals surface area contributed by atoms with Crippen molar-refractivity contribution >= 4 is 5.78 Å². The molecule has 88 valence electrons. The Morgan fingerprint density at radius 3 is 2.41 bits per heavy atom. The molecular weight excluding hydrogens is 216 g/mol. The van der Waals surface area contributed by atoms with Gasteiger partial charge in [-0.2, -0.15) is 0 Å². The highest BCUT2D eigenvalue weighted by atomic mass is 16.3. The molecule has 0 atom stereocenters. The molecule has 1 fully saturated rings. The molecule has 0 aromatic heterocycles. The Balaban J connectivity index is 2.31. The number of hydrogen-bond donors (Lipinski definition) is 2. The third-order valence-electron chi connectivity index (χ3n) is 3.96. The van der Waals surface area contributed by atoms with Crippen LogP contribution < -0.4 is 0 Å². The van der Waals surface area contributed by atoms with Crippen LogP contribution in [0.2, 0.25) is 0 Å². The summed E-state index contributed by atoms with van der Waals surface area (Å²) in [5.74, 6) is -0.123. The minimum absolute atomic E-state index is 0.0292. The van der Waals surface area contributed by atoms with Crippen LogP contribution >= 0.6 is 0 Å². The molecule has 2 aliphatic carbocycles. The smallest absolute Gasteiger partial charge is 0.189 e. The summed E-state index contributed by atoms with van der Waals surface area (Å²) in [6, 6.07) is 2.86. The molecule has 3 rings (SSSR count). The Morgan fingerprint density at radius 1 is 1.06 bits per heavy atom. The predicted octanol–water partition coefficient (Wildman–Crippen LogP) is 2.66. The van der Waals surface area contributed by atoms with Crippen molar-refractivity contribution in [2.24, 2.45) is 0 Å². The lowest BCUT2D eigenvalue weighted by Crippen LogP contribution is -2.26. The molecule has 3 nitrogen and oxygen atoms in total. The average molecular weight is 230 g/mol. The van der Waals surface area contributed by atoms with E-state index in [1.165, 1.54) is 18.2 Å². The highest BCUT2D eigenvalue weighted by Gasteiger charge is 2.41. The number of carbonyl (C=O) groups is 1. The Labute approximate surface area is 99.4 Å². The summed E-state index contributed by atoms with van der Waals surface area (Å²) < 4.78 is 0. The molecule has 0 radical (unpaired) electrons. The van der Waals surface area contributed by atoms with Gasteiger partial charge in [0.25, 0.3) is 0 Å². The van der Waals surface area contributed by atoms with Gasteiger partial charge in [0.05, 0.1) is 5.56 Å². The highest BCUT2D eigenvalue weighted by Crippen LogP contribution is 2.50. The Kier molecular flexibility index (Phi) is 2.05. The number of allylic oxidation sites excluding steroid dienone is 2. The standard InChI is InChI=1S/C14H14O3/c15-9-3-4-11(17)13-12(9)10(16)5-8-14(13)6-1-2-7-14/h3-5,8,15,17H,1-2,6-7H2. The first-order valence-electron chi connectivity index (χ1n) is 5.93. The Hall–Kier alpha value is -1.77. The van der Waals surface area contributed by atoms with E-state index in [0.29, 0.717) is 5.56 Å². The number of phenols is 2. The lowest BCUT2D eigenvalue weighted by molar-refractivity contribution is 0.103. The van der Waals surface area contributed by atoms with Crippen LogP contribution in [-0.4, -0.2) is 16.0 Å². The van der Waals surface area contributed by atoms with Crippen molar-refractivity contribution in [3.8, 4) is 11.5 Å². The second kappa shape index (κ2) is 3.36. The van der Waals surface area contributed by atoms with Crippen LogP contribution in [0.1, 0.15) is 41.6 Å². The van der Waals surface area contributed by atoms with Crippen molar-refractivity contribution < 1.29 is 15.0 Å². The number of ketones is 1. The fourth-order valence-corrected chi connectivity index (χ4v) is 3.16. The second-order valence-electron chi connectivity index (χ2n) is 4.91. The van der Waals surface area contributed by atoms with E-state index in [2.05, 4.69) is 0 Å². The summed E-state index contributed by atoms with van der Waals surface area (Å²) in [6.45, 7) is 0. The van der Waals surface area contributed by atoms with Gasteiger partial charge in [-0.15, -0.1) is 0 Å². The predicted molar refractivity (Wildman–Crippen MR) is 63.4 cm³/mol. The molecule has 0 unspecified atom stereocenters. The number of phenolic OH excluding ortho intramolecular Hbond substituents is 2. The van der Waals surface area contributed by atoms with Crippen molar-refractivity contribution in [1.82, 2.24) is 0 Å². The maximum atomic E-state index is 11.8. The maximum Gasteiger partial charge on any atom is 0.189 e. The van der Waals surface area contributed by atoms with Gasteiger partial charge in [0.15, 0.2) is 5.78 Å². The van der Waals surface area contributed by atoms with E-state index >= 15 is 0 Å². The summed E-state index contributed by atoms with van der Waals surface area (Å²) in [7, 11) is 0. The molecule has 2 N–H and O–H groups in total. The monoisotopic (exact) mass is 230 g/mol. The topological polar surface area (TPSA) is 57.5 Å². The number of hydrogen-bond acceptors (Lipinski definition) is 3. The van der Waals surface area contributed by atoms with Gasteiger partial charge >= 0.3 is 0 Å². The van der Waals surface area contributed by atoms with Gasteiger partial charge in [-0.3, -0.25) is 4.79 Å². The van der Waals surface area contributed by atoms with Gasteiger partial charge in [0.1, 0.15) is 11.5 Å². The van der Waals surface area contributed by atoms with E-state index in [9.17, 15) is 15.0 Å². The quantitative estimate of drug-likeness (QED) is 0.674. The summed E-state index contributed by atoms with van der Waals surface area (Å²) in [5, 5.41) is 19.9. The Bertz CT molecular complexity index is 523. The third kappa shape index (κ3) is 1.32. The van der Waals surface area contributed by atoms with Crippen LogP contribution in [0.4, 0.5) is 0 Å². The molecule has 1 saturated carbocycles. The van der Waals surface area contributed by atoms with E-state index in [4.69, 9.17) is 0 Å². The second-order valence-corrected chi connectivity index (χ2v) is 4.91. The molecule has 0 saturated heterocycles. The van der Waals surface area contributed by atoms with Crippen molar-refractivity contribution in [2.45, 2.75) is 31.1 Å². The van der Waals surface area contributed by atoms with Gasteiger partial charge in [0, 0.05) is 11.0 Å². The van der Waals surface area contributed by atoms with Crippen LogP contribution in [0.3, 0.4) is 0 Å². The van der Waals surface area contributed by atoms with Crippen LogP contribution in [0.15, 0.2) is 24.3 Å². The minimum Gasteiger partial charge on any atom is -0.508 e. The highest BCUT2D eigenvalue weighted by molar-refractivity contribution is 6.10. The summed E-state index contributed by atoms with van der Waals surface area (Å²) >= 11 is 0. The van der Waals surface area contributed by atoms with Crippen LogP contribution in [0.25, 0.3) is 0 Å². The van der Waals surface area contributed by atoms with Gasteiger partial charge in [0.2, 0.25) is 0 Å². The Morgan fingerprint density at radius 2 is 1.71 bits per heavy atom. The summed E-state index contributed by atoms with van der Waals surface area (Å²) in [4.78, 5) is 11.8. The minimum atomic E-state index is -0.244. The van der Waals surface area contributed by atoms with Crippen LogP contribution in [-0.2, 0) is 5.41 Å². The zero-order valence-corrected chi connectivity index (χ0v) is 9.44. The van der Waals surface area contributed by atoms with Crippen LogP contribution in [0, 0.1) is 0 Å². The number of carbonyl (C=O) groups excluding carboxylic acids is 1. The van der Waals surface area contributed by atoms with Gasteiger partial charge in [-0.05, 0) is 31.1 Å². The van der Waals surface area contributed by atoms with E-state index in [0.717, 1.165) is 25.7 Å². The molecular formula is C14H14O3. The third-order valence-corrected chi connectivity index (χ3v) is 3.96. The summed E-state index contributed by atoms with van der Waals surface area (Å²) in [6.07, 6.45) is 7.48.